The number of nitro groups is 1. The minimum Gasteiger partial charge on any atom is -0.502 e. The summed E-state index contributed by atoms with van der Waals surface area (Å²) in [4.78, 5) is 45.7. The number of hydrogen-bond donors (Lipinski definition) is 1. The minimum absolute atomic E-state index is 0.0165. The highest BCUT2D eigenvalue weighted by atomic mass is 32.2. The van der Waals surface area contributed by atoms with E-state index in [1.807, 2.05) is 0 Å². The van der Waals surface area contributed by atoms with Gasteiger partial charge in [-0.1, -0.05) is 12.1 Å². The van der Waals surface area contributed by atoms with E-state index in [0.717, 1.165) is 19.3 Å². The van der Waals surface area contributed by atoms with Crippen molar-refractivity contribution >= 4 is 40.6 Å². The number of benzene rings is 1. The Balaban J connectivity index is 2.33. The molecule has 120 valence electrons. The zero-order chi connectivity index (χ0) is 17.1. The summed E-state index contributed by atoms with van der Waals surface area (Å²) in [5, 5.41) is 19.9. The summed E-state index contributed by atoms with van der Waals surface area (Å²) in [6, 6.07) is 3.80. The fourth-order valence-corrected chi connectivity index (χ4v) is 2.61. The molecular weight excluding hydrogens is 328 g/mol. The lowest BCUT2D eigenvalue weighted by Crippen LogP contribution is -2.34. The first kappa shape index (κ1) is 16.5. The summed E-state index contributed by atoms with van der Waals surface area (Å²) >= 11 is 0.562. The van der Waals surface area contributed by atoms with Gasteiger partial charge in [-0.05, 0) is 17.8 Å². The van der Waals surface area contributed by atoms with Gasteiger partial charge in [-0.15, -0.1) is 0 Å². The zero-order valence-electron chi connectivity index (χ0n) is 11.7. The molecule has 1 aliphatic heterocycles. The van der Waals surface area contributed by atoms with E-state index in [2.05, 4.69) is 4.74 Å². The maximum Gasteiger partial charge on any atom is 0.325 e. The van der Waals surface area contributed by atoms with Crippen molar-refractivity contribution in [3.05, 3.63) is 38.8 Å². The molecule has 0 saturated carbocycles. The molecule has 0 aromatic heterocycles. The number of para-hydroxylation sites is 1. The number of nitrogens with zero attached hydrogens (tertiary/aromatic N) is 2. The van der Waals surface area contributed by atoms with E-state index >= 15 is 0 Å². The Hall–Kier alpha value is -2.88. The van der Waals surface area contributed by atoms with Crippen LogP contribution in [0.25, 0.3) is 6.08 Å². The molecule has 1 fully saturated rings. The first-order chi connectivity index (χ1) is 10.8. The van der Waals surface area contributed by atoms with Crippen molar-refractivity contribution in [3.8, 4) is 5.75 Å². The molecule has 2 rings (SSSR count). The Morgan fingerprint density at radius 2 is 2.17 bits per heavy atom. The van der Waals surface area contributed by atoms with Gasteiger partial charge < -0.3 is 9.84 Å². The Kier molecular flexibility index (Phi) is 4.65. The highest BCUT2D eigenvalue weighted by molar-refractivity contribution is 8.18. The Labute approximate surface area is 133 Å². The van der Waals surface area contributed by atoms with Gasteiger partial charge in [0.2, 0.25) is 5.75 Å². The number of imide groups is 1. The van der Waals surface area contributed by atoms with E-state index in [4.69, 9.17) is 0 Å². The molecule has 9 nitrogen and oxygen atoms in total. The van der Waals surface area contributed by atoms with Crippen LogP contribution in [0.15, 0.2) is 23.1 Å². The highest BCUT2D eigenvalue weighted by Crippen LogP contribution is 2.36. The van der Waals surface area contributed by atoms with Crippen molar-refractivity contribution < 1.29 is 29.2 Å². The lowest BCUT2D eigenvalue weighted by atomic mass is 10.1. The maximum absolute atomic E-state index is 12.1. The van der Waals surface area contributed by atoms with Crippen molar-refractivity contribution in [2.75, 3.05) is 13.7 Å². The lowest BCUT2D eigenvalue weighted by Gasteiger charge is -2.09. The SMILES string of the molecule is COC(=O)CN1C(=O)SC(=Cc2cccc([N+](=O)[O-])c2O)C1=O. The van der Waals surface area contributed by atoms with E-state index in [1.165, 1.54) is 12.1 Å². The first-order valence-electron chi connectivity index (χ1n) is 6.13. The predicted octanol–water partition coefficient (Wildman–Crippen LogP) is 1.51. The second-order valence-corrected chi connectivity index (χ2v) is 5.31. The van der Waals surface area contributed by atoms with Crippen LogP contribution in [0.2, 0.25) is 0 Å². The van der Waals surface area contributed by atoms with Crippen molar-refractivity contribution in [2.45, 2.75) is 0 Å². The fourth-order valence-electron chi connectivity index (χ4n) is 1.78. The number of methoxy groups -OCH3 is 1. The van der Waals surface area contributed by atoms with Crippen molar-refractivity contribution in [1.82, 2.24) is 4.90 Å². The summed E-state index contributed by atoms with van der Waals surface area (Å²) in [5.41, 5.74) is -0.504. The summed E-state index contributed by atoms with van der Waals surface area (Å²) < 4.78 is 4.39. The molecule has 0 radical (unpaired) electrons. The summed E-state index contributed by atoms with van der Waals surface area (Å²) in [6.45, 7) is -0.528. The van der Waals surface area contributed by atoms with E-state index in [1.54, 1.807) is 0 Å². The van der Waals surface area contributed by atoms with Crippen LogP contribution in [-0.2, 0) is 14.3 Å². The van der Waals surface area contributed by atoms with Gasteiger partial charge in [-0.3, -0.25) is 29.4 Å². The third-order valence-electron chi connectivity index (χ3n) is 2.92. The third kappa shape index (κ3) is 3.31. The smallest absolute Gasteiger partial charge is 0.325 e. The predicted molar refractivity (Wildman–Crippen MR) is 79.5 cm³/mol. The fraction of sp³-hybridized carbons (Fsp3) is 0.154. The van der Waals surface area contributed by atoms with Crippen molar-refractivity contribution in [1.29, 1.82) is 0 Å². The Morgan fingerprint density at radius 3 is 2.78 bits per heavy atom. The molecule has 1 aliphatic rings. The van der Waals surface area contributed by atoms with Gasteiger partial charge in [-0.2, -0.15) is 0 Å². The van der Waals surface area contributed by atoms with Crippen molar-refractivity contribution in [2.24, 2.45) is 0 Å². The number of carbonyl (C=O) groups is 3. The maximum atomic E-state index is 12.1. The molecule has 0 spiro atoms. The molecule has 0 aliphatic carbocycles. The molecule has 1 aromatic carbocycles. The first-order valence-corrected chi connectivity index (χ1v) is 6.95. The third-order valence-corrected chi connectivity index (χ3v) is 3.83. The highest BCUT2D eigenvalue weighted by Gasteiger charge is 2.36. The van der Waals surface area contributed by atoms with Crippen LogP contribution in [0.3, 0.4) is 0 Å². The lowest BCUT2D eigenvalue weighted by molar-refractivity contribution is -0.385. The van der Waals surface area contributed by atoms with Crippen LogP contribution in [0, 0.1) is 10.1 Å². The summed E-state index contributed by atoms with van der Waals surface area (Å²) in [7, 11) is 1.12. The average molecular weight is 338 g/mol. The van der Waals surface area contributed by atoms with Gasteiger partial charge in [-0.25, -0.2) is 0 Å². The second kappa shape index (κ2) is 6.48. The second-order valence-electron chi connectivity index (χ2n) is 4.32. The molecule has 23 heavy (non-hydrogen) atoms. The number of amides is 2. The number of carbonyl (C=O) groups excluding carboxylic acids is 3. The van der Waals surface area contributed by atoms with Gasteiger partial charge in [0, 0.05) is 11.6 Å². The number of nitro benzene ring substituents is 1. The number of phenolic OH excluding ortho intramolecular Hbond substituents is 1. The number of ether oxygens (including phenoxy) is 1. The monoisotopic (exact) mass is 338 g/mol. The minimum atomic E-state index is -0.768. The number of hydrogen-bond acceptors (Lipinski definition) is 8. The molecule has 0 atom stereocenters. The standard InChI is InChI=1S/C13H10N2O7S/c1-22-10(16)6-14-12(18)9(23-13(14)19)5-7-3-2-4-8(11(7)17)15(20)21/h2-5,17H,6H2,1H3. The Morgan fingerprint density at radius 1 is 1.48 bits per heavy atom. The van der Waals surface area contributed by atoms with E-state index < -0.39 is 40.0 Å². The van der Waals surface area contributed by atoms with Crippen LogP contribution >= 0.6 is 11.8 Å². The van der Waals surface area contributed by atoms with Crippen molar-refractivity contribution in [3.63, 3.8) is 0 Å². The summed E-state index contributed by atoms with van der Waals surface area (Å²) in [5.74, 6) is -2.11. The number of phenols is 1. The molecule has 2 amide bonds. The van der Waals surface area contributed by atoms with Gasteiger partial charge in [0.25, 0.3) is 11.1 Å². The van der Waals surface area contributed by atoms with Crippen LogP contribution in [0.5, 0.6) is 5.75 Å². The number of rotatable bonds is 4. The quantitative estimate of drug-likeness (QED) is 0.379. The van der Waals surface area contributed by atoms with Gasteiger partial charge in [0.05, 0.1) is 16.9 Å². The molecule has 1 aromatic rings. The van der Waals surface area contributed by atoms with Gasteiger partial charge in [0.15, 0.2) is 0 Å². The average Bonchev–Trinajstić information content (AvgIpc) is 2.76. The normalized spacial score (nSPS) is 16.0. The van der Waals surface area contributed by atoms with Crippen LogP contribution in [0.4, 0.5) is 10.5 Å². The van der Waals surface area contributed by atoms with E-state index in [9.17, 15) is 29.6 Å². The van der Waals surface area contributed by atoms with E-state index in [0.29, 0.717) is 16.7 Å². The Bertz CT molecular complexity index is 744. The van der Waals surface area contributed by atoms with E-state index in [-0.39, 0.29) is 10.5 Å². The molecule has 0 unspecified atom stereocenters. The van der Waals surface area contributed by atoms with Gasteiger partial charge >= 0.3 is 11.7 Å². The van der Waals surface area contributed by atoms with Crippen LogP contribution in [-0.4, -0.2) is 45.7 Å². The van der Waals surface area contributed by atoms with Gasteiger partial charge in [0.1, 0.15) is 6.54 Å². The molecule has 1 N–H and O–H groups in total. The molecular formula is C13H10N2O7S. The van der Waals surface area contributed by atoms with Crippen LogP contribution < -0.4 is 0 Å². The molecule has 1 saturated heterocycles. The summed E-state index contributed by atoms with van der Waals surface area (Å²) in [6.07, 6.45) is 1.16. The number of thioether (sulfide) groups is 1. The van der Waals surface area contributed by atoms with Crippen LogP contribution in [0.1, 0.15) is 5.56 Å². The topological polar surface area (TPSA) is 127 Å². The molecule has 10 heteroatoms. The number of aromatic hydroxyl groups is 1. The molecule has 0 bridgehead atoms. The molecule has 1 heterocycles. The number of esters is 1. The largest absolute Gasteiger partial charge is 0.502 e. The zero-order valence-corrected chi connectivity index (χ0v) is 12.5.